The summed E-state index contributed by atoms with van der Waals surface area (Å²) >= 11 is 31.6. The van der Waals surface area contributed by atoms with Gasteiger partial charge in [-0.2, -0.15) is 0 Å². The summed E-state index contributed by atoms with van der Waals surface area (Å²) in [6, 6.07) is 0. The van der Waals surface area contributed by atoms with Gasteiger partial charge in [0.05, 0.1) is 0 Å². The molecule has 0 saturated heterocycles. The predicted octanol–water partition coefficient (Wildman–Crippen LogP) is 6.68. The van der Waals surface area contributed by atoms with Gasteiger partial charge in [0.25, 0.3) is 5.11 Å². The van der Waals surface area contributed by atoms with E-state index in [1.807, 2.05) is 0 Å². The highest BCUT2D eigenvalue weighted by Crippen LogP contribution is 2.83. The van der Waals surface area contributed by atoms with Crippen LogP contribution in [-0.2, 0) is 0 Å². The van der Waals surface area contributed by atoms with Crippen molar-refractivity contribution in [3.8, 4) is 0 Å². The lowest BCUT2D eigenvalue weighted by Gasteiger charge is -1.93. The van der Waals surface area contributed by atoms with Gasteiger partial charge in [-0.25, -0.2) is 0 Å². The van der Waals surface area contributed by atoms with Gasteiger partial charge in [0.1, 0.15) is 0 Å². The van der Waals surface area contributed by atoms with Gasteiger partial charge in [-0.1, -0.05) is 7.43 Å². The van der Waals surface area contributed by atoms with Crippen molar-refractivity contribution in [2.45, 2.75) is 7.43 Å². The molecule has 0 aromatic heterocycles. The molecule has 0 unspecified atom stereocenters. The second kappa shape index (κ2) is 5.20. The Kier molecular flexibility index (Phi) is 7.75. The molecular weight excluding hydrogens is 301 g/mol. The second-order valence-corrected chi connectivity index (χ2v) is 15.2. The normalized spacial score (nSPS) is 12.2. The number of rotatable bonds is 1. The molecule has 0 amide bonds. The minimum atomic E-state index is -2.84. The highest BCUT2D eigenvalue weighted by Gasteiger charge is 2.35. The molecule has 0 radical (unpaired) electrons. The van der Waals surface area contributed by atoms with Crippen LogP contribution in [0.25, 0.3) is 0 Å². The molecule has 1 nitrogen and oxygen atoms in total. The zero-order chi connectivity index (χ0) is 7.71. The maximum atomic E-state index is 5.27. The Labute approximate surface area is 89.4 Å². The molecule has 9 heteroatoms. The van der Waals surface area contributed by atoms with Crippen molar-refractivity contribution in [2.24, 2.45) is 4.52 Å². The van der Waals surface area contributed by atoms with Crippen LogP contribution in [0.5, 0.6) is 0 Å². The fourth-order valence-electron chi connectivity index (χ4n) is 0.115. The average Bonchev–Trinajstić information content (AvgIpc) is 1.14. The van der Waals surface area contributed by atoms with Crippen molar-refractivity contribution in [3.63, 3.8) is 0 Å². The van der Waals surface area contributed by atoms with Crippen LogP contribution in [0.2, 0.25) is 0 Å². The van der Waals surface area contributed by atoms with Crippen LogP contribution >= 0.6 is 78.0 Å². The van der Waals surface area contributed by atoms with E-state index < -0.39 is 10.6 Å². The van der Waals surface area contributed by atoms with Crippen LogP contribution in [0.1, 0.15) is 7.43 Å². The summed E-state index contributed by atoms with van der Waals surface area (Å²) in [6.07, 6.45) is 0. The van der Waals surface area contributed by atoms with E-state index in [4.69, 9.17) is 67.4 Å². The lowest BCUT2D eigenvalue weighted by Crippen LogP contribution is -1.45. The Morgan fingerprint density at radius 3 is 1.30 bits per heavy atom. The van der Waals surface area contributed by atoms with Gasteiger partial charge in [-0.3, -0.25) is 0 Å². The topological polar surface area (TPSA) is 12.4 Å². The van der Waals surface area contributed by atoms with Crippen molar-refractivity contribution in [2.75, 3.05) is 0 Å². The fraction of sp³-hybridized carbons (Fsp3) is 1.00. The van der Waals surface area contributed by atoms with Gasteiger partial charge in [-0.15, -0.1) is 0 Å². The lowest BCUT2D eigenvalue weighted by atomic mass is 12.0. The van der Waals surface area contributed by atoms with E-state index in [0.29, 0.717) is 0 Å². The van der Waals surface area contributed by atoms with Crippen LogP contribution < -0.4 is 0 Å². The maximum absolute atomic E-state index is 5.27. The van der Waals surface area contributed by atoms with Crippen molar-refractivity contribution in [3.05, 3.63) is 0 Å². The third-order valence-electron chi connectivity index (χ3n) is 0.203. The Morgan fingerprint density at radius 1 is 1.00 bits per heavy atom. The SMILES string of the molecule is C.ClP(Cl)(Cl)=N[P+](Cl)(Cl)Cl. The van der Waals surface area contributed by atoms with E-state index in [1.54, 1.807) is 0 Å². The average molecular weight is 305 g/mol. The molecule has 0 heterocycles. The molecule has 0 atom stereocenters. The van der Waals surface area contributed by atoms with Gasteiger partial charge in [0, 0.05) is 0 Å². The maximum Gasteiger partial charge on any atom is 0.423 e. The number of nitrogens with zero attached hydrogens (tertiary/aromatic N) is 1. The highest BCUT2D eigenvalue weighted by molar-refractivity contribution is 8.37. The van der Waals surface area contributed by atoms with Crippen LogP contribution in [0.3, 0.4) is 0 Å². The van der Waals surface area contributed by atoms with E-state index in [9.17, 15) is 0 Å². The van der Waals surface area contributed by atoms with Gasteiger partial charge in [0.2, 0.25) is 0 Å². The second-order valence-electron chi connectivity index (χ2n) is 0.926. The largest absolute Gasteiger partial charge is 0.423 e. The molecule has 0 aromatic rings. The highest BCUT2D eigenvalue weighted by atomic mass is 36.1. The van der Waals surface area contributed by atoms with E-state index in [2.05, 4.69) is 4.52 Å². The first-order valence-corrected chi connectivity index (χ1v) is 10.3. The molecule has 0 aliphatic heterocycles. The van der Waals surface area contributed by atoms with Crippen molar-refractivity contribution in [1.29, 1.82) is 0 Å². The van der Waals surface area contributed by atoms with E-state index >= 15 is 0 Å². The molecule has 0 rings (SSSR count). The van der Waals surface area contributed by atoms with E-state index in [0.717, 1.165) is 0 Å². The number of hydrogen-bond acceptors (Lipinski definition) is 1. The summed E-state index contributed by atoms with van der Waals surface area (Å²) in [5, 5.41) is -2.84. The van der Waals surface area contributed by atoms with Gasteiger partial charge < -0.3 is 0 Å². The van der Waals surface area contributed by atoms with Crippen LogP contribution in [0.4, 0.5) is 0 Å². The Bertz CT molecular complexity index is 134. The van der Waals surface area contributed by atoms with Crippen molar-refractivity contribution < 1.29 is 0 Å². The summed E-state index contributed by atoms with van der Waals surface area (Å²) in [7, 11) is 0. The molecule has 10 heavy (non-hydrogen) atoms. The molecule has 0 spiro atoms. The molecule has 0 aliphatic rings. The third kappa shape index (κ3) is 13.0. The number of hydrogen-bond donors (Lipinski definition) is 0. The van der Waals surface area contributed by atoms with Crippen LogP contribution in [0.15, 0.2) is 4.52 Å². The molecule has 0 saturated carbocycles. The van der Waals surface area contributed by atoms with E-state index in [1.165, 1.54) is 0 Å². The first-order chi connectivity index (χ1) is 3.71. The molecule has 0 fully saturated rings. The first-order valence-electron chi connectivity index (χ1n) is 1.41. The Hall–Kier alpha value is 2.40. The molecule has 64 valence electrons. The fourth-order valence-corrected chi connectivity index (χ4v) is 9.31. The summed E-state index contributed by atoms with van der Waals surface area (Å²) < 4.78 is 3.36. The zero-order valence-electron chi connectivity index (χ0n) is 3.61. The smallest absolute Gasteiger partial charge is 0.0776 e. The number of halogens is 6. The zero-order valence-corrected chi connectivity index (χ0v) is 9.93. The van der Waals surface area contributed by atoms with E-state index in [-0.39, 0.29) is 7.43 Å². The standard InChI is InChI=1S/CH4.Cl6NP2/c;1-8(2,3)7-9(4,5)6/h1H4;/q;+1. The van der Waals surface area contributed by atoms with Gasteiger partial charge in [0.15, 0.2) is 33.7 Å². The molecule has 0 N–H and O–H groups in total. The minimum Gasteiger partial charge on any atom is -0.0776 e. The quantitative estimate of drug-likeness (QED) is 0.479. The summed E-state index contributed by atoms with van der Waals surface area (Å²) in [4.78, 5) is 0. The van der Waals surface area contributed by atoms with Crippen LogP contribution in [0, 0.1) is 0 Å². The predicted molar refractivity (Wildman–Crippen MR) is 58.1 cm³/mol. The van der Waals surface area contributed by atoms with Crippen molar-refractivity contribution >= 4 is 78.0 Å². The third-order valence-corrected chi connectivity index (χ3v) is 5.48. The summed E-state index contributed by atoms with van der Waals surface area (Å²) in [5.74, 6) is 0. The Balaban J connectivity index is 0. The van der Waals surface area contributed by atoms with Crippen molar-refractivity contribution in [1.82, 2.24) is 0 Å². The molecular formula is CH4Cl6NP2+. The lowest BCUT2D eigenvalue weighted by molar-refractivity contribution is 2.06. The molecule has 0 aromatic carbocycles. The first kappa shape index (κ1) is 14.9. The van der Waals surface area contributed by atoms with Gasteiger partial charge >= 0.3 is 5.47 Å². The minimum absolute atomic E-state index is 0. The summed E-state index contributed by atoms with van der Waals surface area (Å²) in [6.45, 7) is 0. The Morgan fingerprint density at radius 2 is 1.30 bits per heavy atom. The van der Waals surface area contributed by atoms with Crippen LogP contribution in [-0.4, -0.2) is 0 Å². The summed E-state index contributed by atoms with van der Waals surface area (Å²) in [5.41, 5.74) is -2.84. The monoisotopic (exact) mass is 302 g/mol. The molecule has 0 bridgehead atoms. The van der Waals surface area contributed by atoms with Gasteiger partial charge in [-0.05, 0) is 38.2 Å². The molecule has 0 aliphatic carbocycles.